The smallest absolute Gasteiger partial charge is 0.387 e. The van der Waals surface area contributed by atoms with Gasteiger partial charge in [-0.05, 0) is 6.42 Å². The Bertz CT molecular complexity index is 232. The van der Waals surface area contributed by atoms with Gasteiger partial charge in [0, 0.05) is 0 Å². The number of aliphatic hydroxyl groups is 2. The summed E-state index contributed by atoms with van der Waals surface area (Å²) in [7, 11) is 0. The molecule has 80 valence electrons. The first kappa shape index (κ1) is 10.9. The number of ether oxygens (including phenoxy) is 2. The molecule has 0 spiro atoms. The topological polar surface area (TPSA) is 93.1 Å². The van der Waals surface area contributed by atoms with Gasteiger partial charge in [0.15, 0.2) is 6.10 Å². The maximum absolute atomic E-state index is 10.6. The van der Waals surface area contributed by atoms with E-state index in [1.807, 2.05) is 6.92 Å². The van der Waals surface area contributed by atoms with Crippen molar-refractivity contribution in [2.45, 2.75) is 38.3 Å². The summed E-state index contributed by atoms with van der Waals surface area (Å²) in [6.07, 6.45) is 0.208. The molecule has 1 rings (SSSR count). The molecule has 0 amide bonds. The lowest BCUT2D eigenvalue weighted by atomic mass is 10.1. The summed E-state index contributed by atoms with van der Waals surface area (Å²) in [5.41, 5.74) is 0. The van der Waals surface area contributed by atoms with Crippen LogP contribution in [0.4, 0.5) is 0 Å². The van der Waals surface area contributed by atoms with Gasteiger partial charge in [-0.3, -0.25) is 0 Å². The first-order valence-corrected chi connectivity index (χ1v) is 4.36. The van der Waals surface area contributed by atoms with Crippen LogP contribution in [0.1, 0.15) is 26.2 Å². The van der Waals surface area contributed by atoms with Gasteiger partial charge in [0.25, 0.3) is 0 Å². The second-order valence-corrected chi connectivity index (χ2v) is 3.07. The number of esters is 2. The van der Waals surface area contributed by atoms with Crippen molar-refractivity contribution < 1.29 is 29.3 Å². The van der Waals surface area contributed by atoms with E-state index in [1.54, 1.807) is 0 Å². The zero-order chi connectivity index (χ0) is 10.8. The molecule has 0 radical (unpaired) electrons. The molecule has 1 saturated heterocycles. The Morgan fingerprint density at radius 1 is 1.36 bits per heavy atom. The second kappa shape index (κ2) is 3.93. The SMILES string of the molecule is CCCCC(O)C1(O)OC(=O)C(=O)O1. The molecule has 14 heavy (non-hydrogen) atoms. The van der Waals surface area contributed by atoms with Crippen LogP contribution in [0.25, 0.3) is 0 Å². The van der Waals surface area contributed by atoms with E-state index >= 15 is 0 Å². The quantitative estimate of drug-likeness (QED) is 0.464. The summed E-state index contributed by atoms with van der Waals surface area (Å²) in [5, 5.41) is 18.8. The van der Waals surface area contributed by atoms with Crippen molar-refractivity contribution in [2.24, 2.45) is 0 Å². The summed E-state index contributed by atoms with van der Waals surface area (Å²) in [5.74, 6) is -5.07. The fourth-order valence-electron chi connectivity index (χ4n) is 1.09. The fraction of sp³-hybridized carbons (Fsp3) is 0.750. The Hall–Kier alpha value is -1.14. The van der Waals surface area contributed by atoms with Crippen LogP contribution in [0.3, 0.4) is 0 Å². The minimum atomic E-state index is -2.50. The van der Waals surface area contributed by atoms with Crippen molar-refractivity contribution >= 4 is 11.9 Å². The molecule has 6 heteroatoms. The van der Waals surface area contributed by atoms with Crippen molar-refractivity contribution in [2.75, 3.05) is 0 Å². The predicted molar refractivity (Wildman–Crippen MR) is 42.7 cm³/mol. The molecule has 1 unspecified atom stereocenters. The van der Waals surface area contributed by atoms with Crippen molar-refractivity contribution in [3.8, 4) is 0 Å². The third kappa shape index (κ3) is 2.02. The Kier molecular flexibility index (Phi) is 3.07. The van der Waals surface area contributed by atoms with E-state index < -0.39 is 24.0 Å². The molecule has 0 aliphatic carbocycles. The lowest BCUT2D eigenvalue weighted by molar-refractivity contribution is -0.334. The van der Waals surface area contributed by atoms with Gasteiger partial charge < -0.3 is 19.7 Å². The molecule has 0 aromatic heterocycles. The Balaban J connectivity index is 2.58. The number of hydrogen-bond donors (Lipinski definition) is 2. The molecule has 0 saturated carbocycles. The van der Waals surface area contributed by atoms with Crippen LogP contribution in [-0.2, 0) is 19.1 Å². The number of unbranched alkanes of at least 4 members (excludes halogenated alkanes) is 1. The standard InChI is InChI=1S/C8H12O6/c1-2-3-4-5(9)8(12)13-6(10)7(11)14-8/h5,9,12H,2-4H2,1H3. The Morgan fingerprint density at radius 2 is 1.86 bits per heavy atom. The maximum atomic E-state index is 10.6. The molecule has 0 bridgehead atoms. The summed E-state index contributed by atoms with van der Waals surface area (Å²) in [6.45, 7) is 1.89. The average Bonchev–Trinajstić information content (AvgIpc) is 2.38. The molecular formula is C8H12O6. The second-order valence-electron chi connectivity index (χ2n) is 3.07. The zero-order valence-corrected chi connectivity index (χ0v) is 7.73. The number of rotatable bonds is 4. The van der Waals surface area contributed by atoms with E-state index in [9.17, 15) is 19.8 Å². The number of aliphatic hydroxyl groups excluding tert-OH is 1. The van der Waals surface area contributed by atoms with Gasteiger partial charge in [-0.2, -0.15) is 0 Å². The first-order chi connectivity index (χ1) is 6.49. The normalized spacial score (nSPS) is 21.6. The van der Waals surface area contributed by atoms with E-state index in [2.05, 4.69) is 9.47 Å². The van der Waals surface area contributed by atoms with Crippen LogP contribution in [0.5, 0.6) is 0 Å². The largest absolute Gasteiger partial charge is 0.422 e. The predicted octanol–water partition coefficient (Wildman–Crippen LogP) is -0.716. The van der Waals surface area contributed by atoms with Crippen LogP contribution in [0, 0.1) is 0 Å². The van der Waals surface area contributed by atoms with E-state index in [4.69, 9.17) is 0 Å². The minimum Gasteiger partial charge on any atom is -0.387 e. The third-order valence-corrected chi connectivity index (χ3v) is 1.90. The molecule has 0 aromatic carbocycles. The van der Waals surface area contributed by atoms with Gasteiger partial charge in [0.05, 0.1) is 0 Å². The number of carbonyl (C=O) groups is 2. The number of carbonyl (C=O) groups excluding carboxylic acids is 2. The van der Waals surface area contributed by atoms with Gasteiger partial charge in [-0.25, -0.2) is 9.59 Å². The van der Waals surface area contributed by atoms with Crippen molar-refractivity contribution in [3.05, 3.63) is 0 Å². The van der Waals surface area contributed by atoms with Crippen LogP contribution < -0.4 is 0 Å². The minimum absolute atomic E-state index is 0.188. The lowest BCUT2D eigenvalue weighted by Gasteiger charge is -2.23. The van der Waals surface area contributed by atoms with Crippen molar-refractivity contribution in [3.63, 3.8) is 0 Å². The van der Waals surface area contributed by atoms with E-state index in [-0.39, 0.29) is 6.42 Å². The molecule has 6 nitrogen and oxygen atoms in total. The zero-order valence-electron chi connectivity index (χ0n) is 7.73. The van der Waals surface area contributed by atoms with Crippen LogP contribution in [-0.4, -0.2) is 34.2 Å². The van der Waals surface area contributed by atoms with Crippen LogP contribution in [0.2, 0.25) is 0 Å². The molecule has 1 aliphatic heterocycles. The average molecular weight is 204 g/mol. The monoisotopic (exact) mass is 204 g/mol. The number of hydrogen-bond acceptors (Lipinski definition) is 6. The van der Waals surface area contributed by atoms with Gasteiger partial charge in [0.1, 0.15) is 0 Å². The Labute approximate surface area is 80.4 Å². The van der Waals surface area contributed by atoms with E-state index in [0.717, 1.165) is 6.42 Å². The highest BCUT2D eigenvalue weighted by Gasteiger charge is 2.52. The molecule has 1 aliphatic rings. The molecule has 2 N–H and O–H groups in total. The van der Waals surface area contributed by atoms with Gasteiger partial charge in [0.2, 0.25) is 0 Å². The van der Waals surface area contributed by atoms with Crippen LogP contribution >= 0.6 is 0 Å². The summed E-state index contributed by atoms with van der Waals surface area (Å²) in [4.78, 5) is 21.2. The van der Waals surface area contributed by atoms with Gasteiger partial charge in [-0.1, -0.05) is 19.8 Å². The highest BCUT2D eigenvalue weighted by molar-refractivity contribution is 6.31. The fourth-order valence-corrected chi connectivity index (χ4v) is 1.09. The van der Waals surface area contributed by atoms with E-state index in [0.29, 0.717) is 6.42 Å². The summed E-state index contributed by atoms with van der Waals surface area (Å²) >= 11 is 0. The molecule has 1 atom stereocenters. The third-order valence-electron chi connectivity index (χ3n) is 1.90. The summed E-state index contributed by atoms with van der Waals surface area (Å²) in [6, 6.07) is 0. The number of cyclic esters (lactones) is 2. The molecular weight excluding hydrogens is 192 g/mol. The van der Waals surface area contributed by atoms with Crippen molar-refractivity contribution in [1.29, 1.82) is 0 Å². The Morgan fingerprint density at radius 3 is 2.29 bits per heavy atom. The first-order valence-electron chi connectivity index (χ1n) is 4.36. The van der Waals surface area contributed by atoms with Gasteiger partial charge >= 0.3 is 17.9 Å². The lowest BCUT2D eigenvalue weighted by Crippen LogP contribution is -2.43. The van der Waals surface area contributed by atoms with E-state index in [1.165, 1.54) is 0 Å². The van der Waals surface area contributed by atoms with Crippen LogP contribution in [0.15, 0.2) is 0 Å². The summed E-state index contributed by atoms with van der Waals surface area (Å²) < 4.78 is 8.43. The maximum Gasteiger partial charge on any atom is 0.422 e. The molecule has 1 fully saturated rings. The molecule has 0 aromatic rings. The highest BCUT2D eigenvalue weighted by atomic mass is 16.9. The van der Waals surface area contributed by atoms with Crippen molar-refractivity contribution in [1.82, 2.24) is 0 Å². The molecule has 1 heterocycles. The van der Waals surface area contributed by atoms with Gasteiger partial charge in [-0.15, -0.1) is 0 Å². The highest BCUT2D eigenvalue weighted by Crippen LogP contribution is 2.24.